The molecule has 6 nitrogen and oxygen atoms in total. The number of hydrogen-bond donors (Lipinski definition) is 2. The van der Waals surface area contributed by atoms with Gasteiger partial charge >= 0.3 is 0 Å². The van der Waals surface area contributed by atoms with Gasteiger partial charge in [0.05, 0.1) is 13.1 Å². The van der Waals surface area contributed by atoms with Crippen LogP contribution in [0.5, 0.6) is 0 Å². The summed E-state index contributed by atoms with van der Waals surface area (Å²) in [6.07, 6.45) is 1.00. The van der Waals surface area contributed by atoms with E-state index >= 15 is 0 Å². The predicted molar refractivity (Wildman–Crippen MR) is 81.6 cm³/mol. The molecule has 0 aromatic heterocycles. The zero-order valence-electron chi connectivity index (χ0n) is 13.5. The summed E-state index contributed by atoms with van der Waals surface area (Å²) >= 11 is 0. The molecule has 0 aliphatic rings. The third kappa shape index (κ3) is 8.87. The van der Waals surface area contributed by atoms with Gasteiger partial charge in [-0.15, -0.1) is 0 Å². The Morgan fingerprint density at radius 1 is 1.20 bits per heavy atom. The molecule has 0 rings (SSSR count). The average Bonchev–Trinajstić information content (AvgIpc) is 2.35. The Balaban J connectivity index is 4.16. The normalized spacial score (nSPS) is 10.9. The Morgan fingerprint density at radius 3 is 2.35 bits per heavy atom. The molecule has 0 aliphatic carbocycles. The third-order valence-electron chi connectivity index (χ3n) is 2.89. The number of nitrogens with one attached hydrogen (secondary N) is 2. The molecule has 0 unspecified atom stereocenters. The maximum Gasteiger partial charge on any atom is 0.239 e. The van der Waals surface area contributed by atoms with Gasteiger partial charge in [0.2, 0.25) is 11.8 Å². The second-order valence-corrected chi connectivity index (χ2v) is 5.33. The number of nitrogens with zero attached hydrogens (tertiary/aromatic N) is 2. The fourth-order valence-corrected chi connectivity index (χ4v) is 1.85. The van der Waals surface area contributed by atoms with E-state index in [1.54, 1.807) is 4.90 Å². The number of amides is 2. The maximum absolute atomic E-state index is 12.1. The molecule has 2 amide bonds. The van der Waals surface area contributed by atoms with Crippen LogP contribution < -0.4 is 10.6 Å². The molecule has 0 bridgehead atoms. The van der Waals surface area contributed by atoms with Crippen LogP contribution in [0.25, 0.3) is 0 Å². The van der Waals surface area contributed by atoms with Crippen molar-refractivity contribution in [2.75, 3.05) is 46.8 Å². The van der Waals surface area contributed by atoms with Crippen LogP contribution in [-0.4, -0.2) is 74.5 Å². The molecular weight excluding hydrogens is 256 g/mol. The summed E-state index contributed by atoms with van der Waals surface area (Å²) in [7, 11) is 3.84. The molecule has 6 heteroatoms. The van der Waals surface area contributed by atoms with Gasteiger partial charge in [-0.2, -0.15) is 0 Å². The number of rotatable bonds is 10. The quantitative estimate of drug-likeness (QED) is 0.551. The van der Waals surface area contributed by atoms with Gasteiger partial charge in [-0.3, -0.25) is 14.5 Å². The molecule has 2 N–H and O–H groups in total. The van der Waals surface area contributed by atoms with Crippen molar-refractivity contribution >= 4 is 11.8 Å². The predicted octanol–water partition coefficient (Wildman–Crippen LogP) is -0.0992. The van der Waals surface area contributed by atoms with Crippen LogP contribution in [0, 0.1) is 0 Å². The minimum Gasteiger partial charge on any atom is -0.352 e. The molecule has 0 saturated carbocycles. The summed E-state index contributed by atoms with van der Waals surface area (Å²) in [5.74, 6) is -0.105. The van der Waals surface area contributed by atoms with Crippen LogP contribution in [0.4, 0.5) is 0 Å². The summed E-state index contributed by atoms with van der Waals surface area (Å²) in [5, 5.41) is 5.88. The minimum atomic E-state index is -0.104. The van der Waals surface area contributed by atoms with E-state index in [0.29, 0.717) is 13.1 Å². The summed E-state index contributed by atoms with van der Waals surface area (Å²) in [6, 6.07) is 0.0977. The lowest BCUT2D eigenvalue weighted by Crippen LogP contribution is -2.45. The smallest absolute Gasteiger partial charge is 0.239 e. The van der Waals surface area contributed by atoms with E-state index in [-0.39, 0.29) is 24.4 Å². The van der Waals surface area contributed by atoms with Crippen molar-refractivity contribution < 1.29 is 9.59 Å². The molecular formula is C14H30N4O2. The minimum absolute atomic E-state index is 0.00152. The second-order valence-electron chi connectivity index (χ2n) is 5.33. The first-order chi connectivity index (χ1) is 9.40. The van der Waals surface area contributed by atoms with E-state index in [1.807, 2.05) is 39.8 Å². The van der Waals surface area contributed by atoms with Crippen molar-refractivity contribution in [3.63, 3.8) is 0 Å². The van der Waals surface area contributed by atoms with Gasteiger partial charge < -0.3 is 15.5 Å². The molecule has 20 heavy (non-hydrogen) atoms. The van der Waals surface area contributed by atoms with Crippen LogP contribution in [0.15, 0.2) is 0 Å². The van der Waals surface area contributed by atoms with E-state index in [4.69, 9.17) is 0 Å². The monoisotopic (exact) mass is 286 g/mol. The van der Waals surface area contributed by atoms with Gasteiger partial charge in [0, 0.05) is 12.6 Å². The van der Waals surface area contributed by atoms with Crippen molar-refractivity contribution in [1.82, 2.24) is 20.4 Å². The highest BCUT2D eigenvalue weighted by Crippen LogP contribution is 1.94. The summed E-state index contributed by atoms with van der Waals surface area (Å²) in [5.41, 5.74) is 0. The molecule has 0 radical (unpaired) electrons. The SMILES string of the molecule is CCN(CC(=O)NC(C)C)C(=O)CN(C)CCCNC. The molecule has 0 heterocycles. The average molecular weight is 286 g/mol. The topological polar surface area (TPSA) is 64.7 Å². The third-order valence-corrected chi connectivity index (χ3v) is 2.89. The van der Waals surface area contributed by atoms with Crippen LogP contribution in [0.3, 0.4) is 0 Å². The second kappa shape index (κ2) is 10.6. The Labute approximate surface area is 122 Å². The zero-order valence-corrected chi connectivity index (χ0v) is 13.5. The maximum atomic E-state index is 12.1. The Bertz CT molecular complexity index is 295. The van der Waals surface area contributed by atoms with Gasteiger partial charge in [-0.25, -0.2) is 0 Å². The first-order valence-electron chi connectivity index (χ1n) is 7.31. The van der Waals surface area contributed by atoms with E-state index < -0.39 is 0 Å². The van der Waals surface area contributed by atoms with Crippen LogP contribution >= 0.6 is 0 Å². The highest BCUT2D eigenvalue weighted by Gasteiger charge is 2.17. The largest absolute Gasteiger partial charge is 0.352 e. The van der Waals surface area contributed by atoms with E-state index in [1.165, 1.54) is 0 Å². The number of carbonyl (C=O) groups is 2. The van der Waals surface area contributed by atoms with Gasteiger partial charge in [-0.1, -0.05) is 0 Å². The molecule has 0 saturated heterocycles. The molecule has 0 aliphatic heterocycles. The number of hydrogen-bond acceptors (Lipinski definition) is 4. The van der Waals surface area contributed by atoms with Crippen molar-refractivity contribution in [3.8, 4) is 0 Å². The van der Waals surface area contributed by atoms with Crippen LogP contribution in [-0.2, 0) is 9.59 Å². The van der Waals surface area contributed by atoms with Crippen LogP contribution in [0.2, 0.25) is 0 Å². The summed E-state index contributed by atoms with van der Waals surface area (Å²) in [6.45, 7) is 8.55. The van der Waals surface area contributed by atoms with Gasteiger partial charge in [0.1, 0.15) is 0 Å². The summed E-state index contributed by atoms with van der Waals surface area (Å²) < 4.78 is 0. The van der Waals surface area contributed by atoms with E-state index in [2.05, 4.69) is 10.6 Å². The van der Waals surface area contributed by atoms with Gasteiger partial charge in [-0.05, 0) is 54.4 Å². The Kier molecular flexibility index (Phi) is 10.0. The molecule has 0 aromatic rings. The number of likely N-dealkylation sites (N-methyl/N-ethyl adjacent to an activating group) is 2. The lowest BCUT2D eigenvalue weighted by atomic mass is 10.3. The van der Waals surface area contributed by atoms with E-state index in [9.17, 15) is 9.59 Å². The molecule has 118 valence electrons. The molecule has 0 atom stereocenters. The molecule has 0 aromatic carbocycles. The fourth-order valence-electron chi connectivity index (χ4n) is 1.85. The zero-order chi connectivity index (χ0) is 15.5. The Hall–Kier alpha value is -1.14. The first-order valence-corrected chi connectivity index (χ1v) is 7.31. The van der Waals surface area contributed by atoms with Crippen molar-refractivity contribution in [1.29, 1.82) is 0 Å². The fraction of sp³-hybridized carbons (Fsp3) is 0.857. The van der Waals surface area contributed by atoms with E-state index in [0.717, 1.165) is 19.5 Å². The summed E-state index contributed by atoms with van der Waals surface area (Å²) in [4.78, 5) is 27.4. The number of carbonyl (C=O) groups excluding carboxylic acids is 2. The molecule has 0 spiro atoms. The standard InChI is InChI=1S/C14H30N4O2/c1-6-18(10-13(19)16-12(2)3)14(20)11-17(5)9-7-8-15-4/h12,15H,6-11H2,1-5H3,(H,16,19). The van der Waals surface area contributed by atoms with Crippen molar-refractivity contribution in [3.05, 3.63) is 0 Å². The molecule has 0 fully saturated rings. The van der Waals surface area contributed by atoms with Gasteiger partial charge in [0.15, 0.2) is 0 Å². The first kappa shape index (κ1) is 18.9. The van der Waals surface area contributed by atoms with Crippen LogP contribution in [0.1, 0.15) is 27.2 Å². The highest BCUT2D eigenvalue weighted by atomic mass is 16.2. The lowest BCUT2D eigenvalue weighted by molar-refractivity contribution is -0.136. The van der Waals surface area contributed by atoms with Crippen molar-refractivity contribution in [2.45, 2.75) is 33.2 Å². The Morgan fingerprint density at radius 2 is 1.85 bits per heavy atom. The van der Waals surface area contributed by atoms with Gasteiger partial charge in [0.25, 0.3) is 0 Å². The lowest BCUT2D eigenvalue weighted by Gasteiger charge is -2.24. The highest BCUT2D eigenvalue weighted by molar-refractivity contribution is 5.85. The van der Waals surface area contributed by atoms with Crippen molar-refractivity contribution in [2.24, 2.45) is 0 Å².